The number of carboxylic acids is 1. The van der Waals surface area contributed by atoms with E-state index in [1.165, 1.54) is 19.9 Å². The van der Waals surface area contributed by atoms with Gasteiger partial charge in [-0.25, -0.2) is 9.78 Å². The first-order chi connectivity index (χ1) is 6.91. The molecule has 0 fully saturated rings. The number of aromatic carboxylic acids is 1. The smallest absolute Gasteiger partial charge is 0.387 e. The molecule has 0 unspecified atom stereocenters. The average molecular weight is 217 g/mol. The molecule has 0 saturated carbocycles. The van der Waals surface area contributed by atoms with Crippen LogP contribution >= 0.6 is 0 Å². The second-order valence-electron chi connectivity index (χ2n) is 2.92. The number of hydrogen-bond acceptors (Lipinski definition) is 3. The van der Waals surface area contributed by atoms with E-state index in [0.717, 1.165) is 0 Å². The quantitative estimate of drug-likeness (QED) is 0.841. The summed E-state index contributed by atoms with van der Waals surface area (Å²) in [5, 5.41) is 8.71. The van der Waals surface area contributed by atoms with Crippen molar-refractivity contribution in [2.75, 3.05) is 0 Å². The summed E-state index contributed by atoms with van der Waals surface area (Å²) < 4.78 is 28.0. The number of halogens is 2. The number of rotatable bonds is 3. The minimum atomic E-state index is -2.94. The largest absolute Gasteiger partial charge is 0.477 e. The number of carboxylic acid groups (broad SMARTS) is 1. The highest BCUT2D eigenvalue weighted by molar-refractivity contribution is 5.87. The lowest BCUT2D eigenvalue weighted by Crippen LogP contribution is -2.09. The van der Waals surface area contributed by atoms with Gasteiger partial charge in [-0.15, -0.1) is 0 Å². The van der Waals surface area contributed by atoms with Crippen LogP contribution in [-0.2, 0) is 0 Å². The maximum Gasteiger partial charge on any atom is 0.387 e. The molecule has 6 heteroatoms. The molecule has 4 nitrogen and oxygen atoms in total. The fourth-order valence-corrected chi connectivity index (χ4v) is 1.11. The van der Waals surface area contributed by atoms with Gasteiger partial charge < -0.3 is 9.84 Å². The minimum Gasteiger partial charge on any atom is -0.477 e. The van der Waals surface area contributed by atoms with Crippen LogP contribution in [0.1, 0.15) is 21.7 Å². The van der Waals surface area contributed by atoms with Gasteiger partial charge in [0.2, 0.25) is 0 Å². The van der Waals surface area contributed by atoms with Crippen molar-refractivity contribution in [3.8, 4) is 5.75 Å². The summed E-state index contributed by atoms with van der Waals surface area (Å²) in [5.41, 5.74) is 0.246. The van der Waals surface area contributed by atoms with Crippen molar-refractivity contribution >= 4 is 5.97 Å². The van der Waals surface area contributed by atoms with Crippen molar-refractivity contribution < 1.29 is 23.4 Å². The summed E-state index contributed by atoms with van der Waals surface area (Å²) in [6.45, 7) is -0.0711. The van der Waals surface area contributed by atoms with Crippen LogP contribution in [0, 0.1) is 13.8 Å². The SMILES string of the molecule is Cc1cc(OC(F)F)c(C)nc1C(=O)O. The Morgan fingerprint density at radius 3 is 2.60 bits per heavy atom. The van der Waals surface area contributed by atoms with Crippen LogP contribution in [0.5, 0.6) is 5.75 Å². The van der Waals surface area contributed by atoms with Crippen molar-refractivity contribution in [3.63, 3.8) is 0 Å². The zero-order chi connectivity index (χ0) is 11.6. The Hall–Kier alpha value is -1.72. The van der Waals surface area contributed by atoms with Crippen LogP contribution in [0.15, 0.2) is 6.07 Å². The summed E-state index contributed by atoms with van der Waals surface area (Å²) >= 11 is 0. The summed E-state index contributed by atoms with van der Waals surface area (Å²) in [7, 11) is 0. The Morgan fingerprint density at radius 2 is 2.13 bits per heavy atom. The fourth-order valence-electron chi connectivity index (χ4n) is 1.11. The number of carbonyl (C=O) groups is 1. The zero-order valence-corrected chi connectivity index (χ0v) is 8.12. The monoisotopic (exact) mass is 217 g/mol. The van der Waals surface area contributed by atoms with E-state index in [-0.39, 0.29) is 22.7 Å². The predicted octanol–water partition coefficient (Wildman–Crippen LogP) is 2.00. The summed E-state index contributed by atoms with van der Waals surface area (Å²) in [6.07, 6.45) is 0. The molecule has 0 spiro atoms. The van der Waals surface area contributed by atoms with Gasteiger partial charge in [-0.2, -0.15) is 8.78 Å². The van der Waals surface area contributed by atoms with E-state index >= 15 is 0 Å². The molecule has 82 valence electrons. The van der Waals surface area contributed by atoms with Crippen molar-refractivity contribution in [2.45, 2.75) is 20.5 Å². The van der Waals surface area contributed by atoms with Crippen LogP contribution in [0.3, 0.4) is 0 Å². The number of hydrogen-bond donors (Lipinski definition) is 1. The van der Waals surface area contributed by atoms with Gasteiger partial charge in [0.25, 0.3) is 0 Å². The van der Waals surface area contributed by atoms with E-state index in [1.54, 1.807) is 0 Å². The molecular formula is C9H9F2NO3. The van der Waals surface area contributed by atoms with E-state index < -0.39 is 12.6 Å². The first-order valence-electron chi connectivity index (χ1n) is 4.08. The van der Waals surface area contributed by atoms with Gasteiger partial charge in [-0.05, 0) is 25.5 Å². The molecule has 1 aromatic heterocycles. The highest BCUT2D eigenvalue weighted by atomic mass is 19.3. The molecule has 0 aliphatic rings. The second-order valence-corrected chi connectivity index (χ2v) is 2.92. The maximum absolute atomic E-state index is 11.9. The molecule has 0 aliphatic heterocycles. The first kappa shape index (κ1) is 11.4. The fraction of sp³-hybridized carbons (Fsp3) is 0.333. The number of aryl methyl sites for hydroxylation is 2. The van der Waals surface area contributed by atoms with Crippen LogP contribution in [0.4, 0.5) is 8.78 Å². The molecule has 15 heavy (non-hydrogen) atoms. The van der Waals surface area contributed by atoms with Gasteiger partial charge in [-0.1, -0.05) is 0 Å². The van der Waals surface area contributed by atoms with Crippen molar-refractivity contribution in [1.82, 2.24) is 4.98 Å². The van der Waals surface area contributed by atoms with Crippen molar-refractivity contribution in [2.24, 2.45) is 0 Å². The van der Waals surface area contributed by atoms with Crippen LogP contribution in [0.2, 0.25) is 0 Å². The third-order valence-electron chi connectivity index (χ3n) is 1.78. The molecule has 0 aliphatic carbocycles. The third-order valence-corrected chi connectivity index (χ3v) is 1.78. The van der Waals surface area contributed by atoms with Gasteiger partial charge in [0.1, 0.15) is 5.75 Å². The number of aromatic nitrogens is 1. The molecule has 0 saturated heterocycles. The highest BCUT2D eigenvalue weighted by Crippen LogP contribution is 2.21. The summed E-state index contributed by atoms with van der Waals surface area (Å²) in [5.74, 6) is -1.30. The van der Waals surface area contributed by atoms with E-state index in [0.29, 0.717) is 0 Å². The topological polar surface area (TPSA) is 59.4 Å². The number of alkyl halides is 2. The molecular weight excluding hydrogens is 208 g/mol. The Balaban J connectivity index is 3.13. The lowest BCUT2D eigenvalue weighted by atomic mass is 10.2. The maximum atomic E-state index is 11.9. The van der Waals surface area contributed by atoms with E-state index in [2.05, 4.69) is 9.72 Å². The number of ether oxygens (including phenoxy) is 1. The van der Waals surface area contributed by atoms with Gasteiger partial charge in [0.15, 0.2) is 5.69 Å². The molecule has 0 atom stereocenters. The first-order valence-corrected chi connectivity index (χ1v) is 4.08. The Morgan fingerprint density at radius 1 is 1.53 bits per heavy atom. The van der Waals surface area contributed by atoms with Crippen molar-refractivity contribution in [1.29, 1.82) is 0 Å². The number of pyridine rings is 1. The van der Waals surface area contributed by atoms with Gasteiger partial charge in [0.05, 0.1) is 5.69 Å². The van der Waals surface area contributed by atoms with Gasteiger partial charge >= 0.3 is 12.6 Å². The average Bonchev–Trinajstić information content (AvgIpc) is 2.09. The molecule has 1 N–H and O–H groups in total. The van der Waals surface area contributed by atoms with Crippen LogP contribution in [-0.4, -0.2) is 22.7 Å². The van der Waals surface area contributed by atoms with Crippen molar-refractivity contribution in [3.05, 3.63) is 23.0 Å². The lowest BCUT2D eigenvalue weighted by Gasteiger charge is -2.09. The Labute approximate surface area is 84.5 Å². The molecule has 0 aromatic carbocycles. The zero-order valence-electron chi connectivity index (χ0n) is 8.12. The van der Waals surface area contributed by atoms with Gasteiger partial charge in [-0.3, -0.25) is 0 Å². The van der Waals surface area contributed by atoms with E-state index in [1.807, 2.05) is 0 Å². The highest BCUT2D eigenvalue weighted by Gasteiger charge is 2.15. The standard InChI is InChI=1S/C9H9F2NO3/c1-4-3-6(15-9(10)11)5(2)12-7(4)8(13)14/h3,9H,1-2H3,(H,13,14). The molecule has 0 bridgehead atoms. The van der Waals surface area contributed by atoms with Crippen LogP contribution in [0.25, 0.3) is 0 Å². The van der Waals surface area contributed by atoms with Gasteiger partial charge in [0, 0.05) is 0 Å². The Kier molecular flexibility index (Phi) is 3.18. The predicted molar refractivity (Wildman–Crippen MR) is 47.3 cm³/mol. The molecule has 1 heterocycles. The Bertz CT molecular complexity index is 393. The minimum absolute atomic E-state index is 0.104. The molecule has 1 aromatic rings. The summed E-state index contributed by atoms with van der Waals surface area (Å²) in [6, 6.07) is 1.23. The van der Waals surface area contributed by atoms with E-state index in [4.69, 9.17) is 5.11 Å². The molecule has 0 radical (unpaired) electrons. The third kappa shape index (κ3) is 2.61. The number of nitrogens with zero attached hydrogens (tertiary/aromatic N) is 1. The van der Waals surface area contributed by atoms with E-state index in [9.17, 15) is 13.6 Å². The lowest BCUT2D eigenvalue weighted by molar-refractivity contribution is -0.0505. The normalized spacial score (nSPS) is 10.5. The molecule has 0 amide bonds. The van der Waals surface area contributed by atoms with Crippen LogP contribution < -0.4 is 4.74 Å². The molecule has 1 rings (SSSR count). The summed E-state index contributed by atoms with van der Waals surface area (Å²) in [4.78, 5) is 14.3. The second kappa shape index (κ2) is 4.20.